The van der Waals surface area contributed by atoms with Gasteiger partial charge in [0, 0.05) is 24.8 Å². The number of hydrogen-bond acceptors (Lipinski definition) is 2. The van der Waals surface area contributed by atoms with E-state index in [4.69, 9.17) is 0 Å². The second-order valence-electron chi connectivity index (χ2n) is 3.19. The minimum absolute atomic E-state index is 0.310. The van der Waals surface area contributed by atoms with Crippen molar-refractivity contribution in [2.24, 2.45) is 0 Å². The Bertz CT molecular complexity index is 161. The molecule has 1 aliphatic heterocycles. The maximum Gasteiger partial charge on any atom is 0.222 e. The summed E-state index contributed by atoms with van der Waals surface area (Å²) in [6.45, 7) is 5.03. The highest BCUT2D eigenvalue weighted by Crippen LogP contribution is 2.16. The summed E-state index contributed by atoms with van der Waals surface area (Å²) in [7, 11) is 0. The van der Waals surface area contributed by atoms with Gasteiger partial charge in [0.25, 0.3) is 0 Å². The van der Waals surface area contributed by atoms with Crippen molar-refractivity contribution in [3.63, 3.8) is 0 Å². The summed E-state index contributed by atoms with van der Waals surface area (Å²) in [6.07, 6.45) is 1.80. The Morgan fingerprint density at radius 3 is 3.00 bits per heavy atom. The first kappa shape index (κ1) is 9.90. The molecule has 1 fully saturated rings. The smallest absolute Gasteiger partial charge is 0.222 e. The van der Waals surface area contributed by atoms with Gasteiger partial charge in [-0.05, 0) is 19.1 Å². The number of nitrogens with zero attached hydrogens (tertiary/aromatic N) is 1. The van der Waals surface area contributed by atoms with E-state index in [-0.39, 0.29) is 0 Å². The van der Waals surface area contributed by atoms with Gasteiger partial charge >= 0.3 is 0 Å². The van der Waals surface area contributed by atoms with Crippen LogP contribution in [0.4, 0.5) is 0 Å². The molecule has 0 radical (unpaired) electrons. The van der Waals surface area contributed by atoms with Gasteiger partial charge in [-0.25, -0.2) is 0 Å². The van der Waals surface area contributed by atoms with Crippen LogP contribution in [0.5, 0.6) is 0 Å². The lowest BCUT2D eigenvalue weighted by Crippen LogP contribution is -2.38. The molecule has 2 nitrogen and oxygen atoms in total. The van der Waals surface area contributed by atoms with Gasteiger partial charge in [0.2, 0.25) is 5.91 Å². The van der Waals surface area contributed by atoms with E-state index in [0.717, 1.165) is 18.7 Å². The van der Waals surface area contributed by atoms with Gasteiger partial charge < -0.3 is 4.90 Å². The van der Waals surface area contributed by atoms with Crippen molar-refractivity contribution in [2.45, 2.75) is 32.7 Å². The molecule has 1 amide bonds. The Morgan fingerprint density at radius 2 is 2.33 bits per heavy atom. The summed E-state index contributed by atoms with van der Waals surface area (Å²) in [5.74, 6) is 2.62. The molecule has 0 aliphatic carbocycles. The molecular formula is C9H17NOS. The molecule has 0 aromatic rings. The average Bonchev–Trinajstić information content (AvgIpc) is 2.28. The molecule has 0 N–H and O–H groups in total. The van der Waals surface area contributed by atoms with Crippen molar-refractivity contribution in [1.82, 2.24) is 4.90 Å². The van der Waals surface area contributed by atoms with Gasteiger partial charge in [0.15, 0.2) is 0 Å². The largest absolute Gasteiger partial charge is 0.339 e. The summed E-state index contributed by atoms with van der Waals surface area (Å²) in [5.41, 5.74) is 0. The molecule has 0 spiro atoms. The van der Waals surface area contributed by atoms with Crippen molar-refractivity contribution < 1.29 is 4.79 Å². The van der Waals surface area contributed by atoms with Crippen LogP contribution in [0.1, 0.15) is 26.7 Å². The van der Waals surface area contributed by atoms with Crippen LogP contribution in [0, 0.1) is 0 Å². The zero-order valence-electron chi connectivity index (χ0n) is 7.88. The summed E-state index contributed by atoms with van der Waals surface area (Å²) in [4.78, 5) is 13.5. The molecule has 1 saturated heterocycles. The first-order valence-electron chi connectivity index (χ1n) is 4.63. The molecule has 0 aromatic carbocycles. The highest BCUT2D eigenvalue weighted by molar-refractivity contribution is 7.99. The fourth-order valence-corrected chi connectivity index (χ4v) is 2.51. The van der Waals surface area contributed by atoms with Crippen LogP contribution in [0.25, 0.3) is 0 Å². The molecule has 1 atom stereocenters. The number of thioether (sulfide) groups is 1. The molecule has 0 bridgehead atoms. The molecule has 12 heavy (non-hydrogen) atoms. The third-order valence-corrected chi connectivity index (χ3v) is 3.31. The highest BCUT2D eigenvalue weighted by Gasteiger charge is 2.20. The van der Waals surface area contributed by atoms with Crippen molar-refractivity contribution in [3.05, 3.63) is 0 Å². The maximum atomic E-state index is 11.4. The van der Waals surface area contributed by atoms with E-state index in [1.165, 1.54) is 5.75 Å². The number of amides is 1. The van der Waals surface area contributed by atoms with Crippen molar-refractivity contribution in [2.75, 3.05) is 18.1 Å². The van der Waals surface area contributed by atoms with Gasteiger partial charge in [0.1, 0.15) is 0 Å². The van der Waals surface area contributed by atoms with Gasteiger partial charge in [-0.15, -0.1) is 0 Å². The van der Waals surface area contributed by atoms with Crippen LogP contribution in [-0.2, 0) is 4.79 Å². The third-order valence-electron chi connectivity index (χ3n) is 2.31. The lowest BCUT2D eigenvalue weighted by Gasteiger charge is -2.26. The van der Waals surface area contributed by atoms with E-state index in [2.05, 4.69) is 6.92 Å². The van der Waals surface area contributed by atoms with Gasteiger partial charge in [0.05, 0.1) is 0 Å². The van der Waals surface area contributed by atoms with E-state index in [9.17, 15) is 4.79 Å². The lowest BCUT2D eigenvalue weighted by molar-refractivity contribution is -0.132. The van der Waals surface area contributed by atoms with Crippen LogP contribution < -0.4 is 0 Å². The molecule has 1 rings (SSSR count). The SMILES string of the molecule is CCC(=O)N1CCSCCC1C. The zero-order chi connectivity index (χ0) is 8.97. The minimum Gasteiger partial charge on any atom is -0.339 e. The predicted octanol–water partition coefficient (Wildman–Crippen LogP) is 1.75. The fraction of sp³-hybridized carbons (Fsp3) is 0.889. The van der Waals surface area contributed by atoms with Crippen LogP contribution in [0.15, 0.2) is 0 Å². The molecule has 3 heteroatoms. The van der Waals surface area contributed by atoms with Crippen molar-refractivity contribution >= 4 is 17.7 Å². The van der Waals surface area contributed by atoms with Crippen LogP contribution >= 0.6 is 11.8 Å². The molecule has 1 aliphatic rings. The van der Waals surface area contributed by atoms with Crippen LogP contribution in [0.2, 0.25) is 0 Å². The number of hydrogen-bond donors (Lipinski definition) is 0. The van der Waals surface area contributed by atoms with Gasteiger partial charge in [-0.2, -0.15) is 11.8 Å². The number of rotatable bonds is 1. The van der Waals surface area contributed by atoms with E-state index >= 15 is 0 Å². The molecule has 1 heterocycles. The Morgan fingerprint density at radius 1 is 1.58 bits per heavy atom. The van der Waals surface area contributed by atoms with Crippen molar-refractivity contribution in [3.8, 4) is 0 Å². The minimum atomic E-state index is 0.310. The molecule has 0 saturated carbocycles. The summed E-state index contributed by atoms with van der Waals surface area (Å²) < 4.78 is 0. The Balaban J connectivity index is 2.52. The summed E-state index contributed by atoms with van der Waals surface area (Å²) in [5, 5.41) is 0. The quantitative estimate of drug-likeness (QED) is 0.623. The van der Waals surface area contributed by atoms with E-state index in [1.807, 2.05) is 23.6 Å². The third kappa shape index (κ3) is 2.41. The number of carbonyl (C=O) groups is 1. The Kier molecular flexibility index (Phi) is 3.92. The molecule has 70 valence electrons. The zero-order valence-corrected chi connectivity index (χ0v) is 8.69. The van der Waals surface area contributed by atoms with E-state index in [1.54, 1.807) is 0 Å². The normalized spacial score (nSPS) is 25.2. The summed E-state index contributed by atoms with van der Waals surface area (Å²) >= 11 is 1.96. The fourth-order valence-electron chi connectivity index (χ4n) is 1.47. The van der Waals surface area contributed by atoms with Gasteiger partial charge in [-0.1, -0.05) is 6.92 Å². The standard InChI is InChI=1S/C9H17NOS/c1-3-9(11)10-5-7-12-6-4-8(10)2/h8H,3-7H2,1-2H3. The average molecular weight is 187 g/mol. The van der Waals surface area contributed by atoms with E-state index < -0.39 is 0 Å². The highest BCUT2D eigenvalue weighted by atomic mass is 32.2. The predicted molar refractivity (Wildman–Crippen MR) is 53.4 cm³/mol. The first-order valence-corrected chi connectivity index (χ1v) is 5.78. The molecule has 0 aromatic heterocycles. The number of carbonyl (C=O) groups excluding carboxylic acids is 1. The van der Waals surface area contributed by atoms with Crippen LogP contribution in [-0.4, -0.2) is 34.9 Å². The lowest BCUT2D eigenvalue weighted by atomic mass is 10.2. The second kappa shape index (κ2) is 4.75. The van der Waals surface area contributed by atoms with Crippen molar-refractivity contribution in [1.29, 1.82) is 0 Å². The maximum absolute atomic E-state index is 11.4. The Labute approximate surface area is 78.7 Å². The molecule has 1 unspecified atom stereocenters. The summed E-state index contributed by atoms with van der Waals surface area (Å²) in [6, 6.07) is 0.451. The second-order valence-corrected chi connectivity index (χ2v) is 4.42. The van der Waals surface area contributed by atoms with E-state index in [0.29, 0.717) is 18.4 Å². The Hall–Kier alpha value is -0.180. The monoisotopic (exact) mass is 187 g/mol. The van der Waals surface area contributed by atoms with Gasteiger partial charge in [-0.3, -0.25) is 4.79 Å². The first-order chi connectivity index (χ1) is 5.75. The molecular weight excluding hydrogens is 170 g/mol. The van der Waals surface area contributed by atoms with Crippen LogP contribution in [0.3, 0.4) is 0 Å². The topological polar surface area (TPSA) is 20.3 Å².